The Balaban J connectivity index is 1.24. The maximum absolute atomic E-state index is 12.8. The number of piperazine rings is 2. The first kappa shape index (κ1) is 20.5. The van der Waals surface area contributed by atoms with Crippen LogP contribution in [0.1, 0.15) is 6.92 Å². The Bertz CT molecular complexity index is 815. The van der Waals surface area contributed by atoms with E-state index in [-0.39, 0.29) is 5.91 Å². The number of carbonyl (C=O) groups excluding carboxylic acids is 1. The highest BCUT2D eigenvalue weighted by Crippen LogP contribution is 2.28. The summed E-state index contributed by atoms with van der Waals surface area (Å²) in [5.74, 6) is 2.18. The van der Waals surface area contributed by atoms with Crippen molar-refractivity contribution in [2.75, 3.05) is 75.3 Å². The predicted octanol–water partition coefficient (Wildman–Crippen LogP) is 1.95. The molecule has 1 amide bonds. The van der Waals surface area contributed by atoms with Crippen molar-refractivity contribution in [2.24, 2.45) is 0 Å². The summed E-state index contributed by atoms with van der Waals surface area (Å²) in [5.41, 5.74) is 1.12. The third-order valence-electron chi connectivity index (χ3n) is 5.84. The van der Waals surface area contributed by atoms with Gasteiger partial charge in [0.25, 0.3) is 0 Å². The topological polar surface area (TPSA) is 52.2 Å². The zero-order valence-corrected chi connectivity index (χ0v) is 17.7. The first-order valence-electron chi connectivity index (χ1n) is 10.9. The third-order valence-corrected chi connectivity index (χ3v) is 5.84. The lowest BCUT2D eigenvalue weighted by molar-refractivity contribution is -0.132. The second-order valence-corrected chi connectivity index (χ2v) is 7.72. The molecule has 0 saturated carbocycles. The van der Waals surface area contributed by atoms with E-state index in [0.29, 0.717) is 13.2 Å². The Morgan fingerprint density at radius 2 is 1.60 bits per heavy atom. The van der Waals surface area contributed by atoms with Gasteiger partial charge in [0, 0.05) is 58.6 Å². The number of para-hydroxylation sites is 2. The zero-order valence-electron chi connectivity index (χ0n) is 17.7. The quantitative estimate of drug-likeness (QED) is 0.727. The van der Waals surface area contributed by atoms with Crippen molar-refractivity contribution < 1.29 is 9.53 Å². The number of hydrogen-bond donors (Lipinski definition) is 0. The van der Waals surface area contributed by atoms with Crippen molar-refractivity contribution in [3.8, 4) is 5.75 Å². The minimum atomic E-state index is 0.235. The standard InChI is InChI=1S/C23H31N5O2/c1-2-30-21-8-4-3-7-20(21)26-15-17-28(18-16-26)23(29)19-25-11-13-27(14-12-25)22-9-5-6-10-24-22/h3-10H,2,11-19H2,1H3. The Kier molecular flexibility index (Phi) is 6.69. The summed E-state index contributed by atoms with van der Waals surface area (Å²) < 4.78 is 5.77. The van der Waals surface area contributed by atoms with Gasteiger partial charge in [-0.25, -0.2) is 4.98 Å². The molecule has 0 aliphatic carbocycles. The van der Waals surface area contributed by atoms with Crippen LogP contribution in [-0.4, -0.2) is 86.2 Å². The number of benzene rings is 1. The highest BCUT2D eigenvalue weighted by molar-refractivity contribution is 5.78. The van der Waals surface area contributed by atoms with Crippen molar-refractivity contribution in [1.29, 1.82) is 0 Å². The normalized spacial score (nSPS) is 17.8. The zero-order chi connectivity index (χ0) is 20.8. The summed E-state index contributed by atoms with van der Waals surface area (Å²) >= 11 is 0. The molecule has 2 aromatic rings. The van der Waals surface area contributed by atoms with Crippen molar-refractivity contribution >= 4 is 17.4 Å². The van der Waals surface area contributed by atoms with Gasteiger partial charge in [-0.3, -0.25) is 9.69 Å². The number of anilines is 2. The number of ether oxygens (including phenoxy) is 1. The van der Waals surface area contributed by atoms with E-state index in [1.807, 2.05) is 54.4 Å². The maximum Gasteiger partial charge on any atom is 0.236 e. The van der Waals surface area contributed by atoms with Crippen LogP contribution in [0, 0.1) is 0 Å². The molecule has 1 aromatic heterocycles. The first-order chi connectivity index (χ1) is 14.7. The lowest BCUT2D eigenvalue weighted by Crippen LogP contribution is -2.54. The van der Waals surface area contributed by atoms with Crippen LogP contribution >= 0.6 is 0 Å². The van der Waals surface area contributed by atoms with Crippen LogP contribution in [0.2, 0.25) is 0 Å². The summed E-state index contributed by atoms with van der Waals surface area (Å²) in [7, 11) is 0. The lowest BCUT2D eigenvalue weighted by Gasteiger charge is -2.39. The predicted molar refractivity (Wildman–Crippen MR) is 119 cm³/mol. The van der Waals surface area contributed by atoms with E-state index in [4.69, 9.17) is 4.74 Å². The smallest absolute Gasteiger partial charge is 0.236 e. The molecule has 160 valence electrons. The number of aromatic nitrogens is 1. The average molecular weight is 410 g/mol. The van der Waals surface area contributed by atoms with Crippen LogP contribution in [-0.2, 0) is 4.79 Å². The molecule has 2 fully saturated rings. The molecule has 0 N–H and O–H groups in total. The molecule has 2 saturated heterocycles. The van der Waals surface area contributed by atoms with E-state index >= 15 is 0 Å². The molecule has 0 radical (unpaired) electrons. The van der Waals surface area contributed by atoms with Crippen LogP contribution in [0.5, 0.6) is 5.75 Å². The van der Waals surface area contributed by atoms with E-state index in [2.05, 4.69) is 25.8 Å². The summed E-state index contributed by atoms with van der Waals surface area (Å²) in [6.45, 7) is 9.96. The van der Waals surface area contributed by atoms with Crippen LogP contribution in [0.25, 0.3) is 0 Å². The minimum absolute atomic E-state index is 0.235. The number of carbonyl (C=O) groups is 1. The molecule has 0 unspecified atom stereocenters. The molecule has 4 rings (SSSR count). The van der Waals surface area contributed by atoms with Gasteiger partial charge < -0.3 is 19.4 Å². The summed E-state index contributed by atoms with van der Waals surface area (Å²) in [5, 5.41) is 0. The second-order valence-electron chi connectivity index (χ2n) is 7.72. The van der Waals surface area contributed by atoms with E-state index in [1.54, 1.807) is 0 Å². The van der Waals surface area contributed by atoms with Gasteiger partial charge in [0.2, 0.25) is 5.91 Å². The van der Waals surface area contributed by atoms with Gasteiger partial charge in [0.15, 0.2) is 0 Å². The van der Waals surface area contributed by atoms with Gasteiger partial charge in [-0.05, 0) is 31.2 Å². The fourth-order valence-electron chi connectivity index (χ4n) is 4.16. The molecule has 7 nitrogen and oxygen atoms in total. The first-order valence-corrected chi connectivity index (χ1v) is 10.9. The van der Waals surface area contributed by atoms with Crippen molar-refractivity contribution in [3.63, 3.8) is 0 Å². The number of amides is 1. The van der Waals surface area contributed by atoms with Crippen molar-refractivity contribution in [1.82, 2.24) is 14.8 Å². The molecule has 7 heteroatoms. The monoisotopic (exact) mass is 409 g/mol. The van der Waals surface area contributed by atoms with Gasteiger partial charge in [0.1, 0.15) is 11.6 Å². The van der Waals surface area contributed by atoms with Crippen molar-refractivity contribution in [3.05, 3.63) is 48.7 Å². The Morgan fingerprint density at radius 3 is 2.30 bits per heavy atom. The molecule has 1 aromatic carbocycles. The molecule has 0 atom stereocenters. The van der Waals surface area contributed by atoms with Gasteiger partial charge in [-0.1, -0.05) is 18.2 Å². The highest BCUT2D eigenvalue weighted by atomic mass is 16.5. The van der Waals surface area contributed by atoms with E-state index in [9.17, 15) is 4.79 Å². The van der Waals surface area contributed by atoms with E-state index in [0.717, 1.165) is 69.6 Å². The molecule has 2 aliphatic heterocycles. The van der Waals surface area contributed by atoms with Crippen LogP contribution in [0.3, 0.4) is 0 Å². The third kappa shape index (κ3) is 4.84. The number of nitrogens with zero attached hydrogens (tertiary/aromatic N) is 5. The fourth-order valence-corrected chi connectivity index (χ4v) is 4.16. The fraction of sp³-hybridized carbons (Fsp3) is 0.478. The summed E-state index contributed by atoms with van der Waals surface area (Å²) in [6.07, 6.45) is 1.83. The number of pyridine rings is 1. The SMILES string of the molecule is CCOc1ccccc1N1CCN(C(=O)CN2CCN(c3ccccn3)CC2)CC1. The largest absolute Gasteiger partial charge is 0.492 e. The Morgan fingerprint density at radius 1 is 0.900 bits per heavy atom. The molecular formula is C23H31N5O2. The molecule has 3 heterocycles. The number of hydrogen-bond acceptors (Lipinski definition) is 6. The van der Waals surface area contributed by atoms with Crippen molar-refractivity contribution in [2.45, 2.75) is 6.92 Å². The maximum atomic E-state index is 12.8. The highest BCUT2D eigenvalue weighted by Gasteiger charge is 2.26. The van der Waals surface area contributed by atoms with Gasteiger partial charge in [0.05, 0.1) is 18.8 Å². The average Bonchev–Trinajstić information content (AvgIpc) is 2.81. The van der Waals surface area contributed by atoms with E-state index < -0.39 is 0 Å². The molecular weight excluding hydrogens is 378 g/mol. The minimum Gasteiger partial charge on any atom is -0.492 e. The summed E-state index contributed by atoms with van der Waals surface area (Å²) in [6, 6.07) is 14.2. The Hall–Kier alpha value is -2.80. The van der Waals surface area contributed by atoms with Crippen LogP contribution in [0.4, 0.5) is 11.5 Å². The van der Waals surface area contributed by atoms with E-state index in [1.165, 1.54) is 0 Å². The molecule has 0 spiro atoms. The van der Waals surface area contributed by atoms with Crippen LogP contribution < -0.4 is 14.5 Å². The lowest BCUT2D eigenvalue weighted by atomic mass is 10.2. The Labute approximate surface area is 178 Å². The van der Waals surface area contributed by atoms with Gasteiger partial charge in [-0.15, -0.1) is 0 Å². The molecule has 2 aliphatic rings. The molecule has 0 bridgehead atoms. The second kappa shape index (κ2) is 9.80. The van der Waals surface area contributed by atoms with Gasteiger partial charge >= 0.3 is 0 Å². The molecule has 30 heavy (non-hydrogen) atoms. The number of rotatable bonds is 6. The van der Waals surface area contributed by atoms with Gasteiger partial charge in [-0.2, -0.15) is 0 Å². The van der Waals surface area contributed by atoms with Crippen LogP contribution in [0.15, 0.2) is 48.7 Å². The summed E-state index contributed by atoms with van der Waals surface area (Å²) in [4.78, 5) is 26.2.